The highest BCUT2D eigenvalue weighted by atomic mass is 16.6. The number of rotatable bonds is 6. The molecule has 5 nitrogen and oxygen atoms in total. The first-order valence-electron chi connectivity index (χ1n) is 8.30. The van der Waals surface area contributed by atoms with Gasteiger partial charge in [0.25, 0.3) is 0 Å². The summed E-state index contributed by atoms with van der Waals surface area (Å²) in [7, 11) is 0. The molecule has 1 aliphatic heterocycles. The zero-order valence-electron chi connectivity index (χ0n) is 14.1. The summed E-state index contributed by atoms with van der Waals surface area (Å²) in [6, 6.07) is 1.09. The standard InChI is InChI=1S/C16H33N3O2/c1-13(12-14-8-6-5-7-9-18-14)17-10-11-19-15(20)21-16(2,3)4/h13-14,17-18H,5-12H2,1-4H3,(H,19,20). The van der Waals surface area contributed by atoms with Crippen molar-refractivity contribution in [3.8, 4) is 0 Å². The predicted octanol–water partition coefficient (Wildman–Crippen LogP) is 2.41. The molecule has 1 fully saturated rings. The van der Waals surface area contributed by atoms with Gasteiger partial charge in [-0.25, -0.2) is 4.79 Å². The van der Waals surface area contributed by atoms with Crippen molar-refractivity contribution >= 4 is 6.09 Å². The monoisotopic (exact) mass is 299 g/mol. The van der Waals surface area contributed by atoms with Crippen molar-refractivity contribution in [2.75, 3.05) is 19.6 Å². The summed E-state index contributed by atoms with van der Waals surface area (Å²) in [6.45, 7) is 10.3. The number of alkyl carbamates (subject to hydrolysis) is 1. The third kappa shape index (κ3) is 9.69. The molecule has 1 saturated heterocycles. The Labute approximate surface area is 129 Å². The van der Waals surface area contributed by atoms with E-state index in [0.29, 0.717) is 18.6 Å². The number of ether oxygens (including phenoxy) is 1. The van der Waals surface area contributed by atoms with Crippen molar-refractivity contribution < 1.29 is 9.53 Å². The van der Waals surface area contributed by atoms with Gasteiger partial charge in [-0.2, -0.15) is 0 Å². The second-order valence-corrected chi connectivity index (χ2v) is 7.02. The van der Waals surface area contributed by atoms with Gasteiger partial charge in [0.15, 0.2) is 0 Å². The zero-order chi connectivity index (χ0) is 15.7. The van der Waals surface area contributed by atoms with E-state index < -0.39 is 5.60 Å². The van der Waals surface area contributed by atoms with Gasteiger partial charge in [0.05, 0.1) is 0 Å². The number of amides is 1. The fourth-order valence-electron chi connectivity index (χ4n) is 2.61. The van der Waals surface area contributed by atoms with Gasteiger partial charge in [-0.15, -0.1) is 0 Å². The fraction of sp³-hybridized carbons (Fsp3) is 0.938. The molecule has 1 amide bonds. The summed E-state index contributed by atoms with van der Waals surface area (Å²) in [5.74, 6) is 0. The van der Waals surface area contributed by atoms with Gasteiger partial charge in [0, 0.05) is 25.2 Å². The molecule has 0 aliphatic carbocycles. The van der Waals surface area contributed by atoms with Gasteiger partial charge in [0.1, 0.15) is 5.60 Å². The maximum Gasteiger partial charge on any atom is 0.407 e. The molecule has 2 unspecified atom stereocenters. The molecule has 1 rings (SSSR count). The Kier molecular flexibility index (Phi) is 8.04. The minimum absolute atomic E-state index is 0.345. The summed E-state index contributed by atoms with van der Waals surface area (Å²) >= 11 is 0. The molecule has 1 heterocycles. The fourth-order valence-corrected chi connectivity index (χ4v) is 2.61. The molecule has 5 heteroatoms. The number of carbonyl (C=O) groups is 1. The molecule has 21 heavy (non-hydrogen) atoms. The predicted molar refractivity (Wildman–Crippen MR) is 86.6 cm³/mol. The Bertz CT molecular complexity index is 294. The van der Waals surface area contributed by atoms with E-state index in [1.807, 2.05) is 20.8 Å². The summed E-state index contributed by atoms with van der Waals surface area (Å²) in [4.78, 5) is 11.5. The van der Waals surface area contributed by atoms with E-state index >= 15 is 0 Å². The van der Waals surface area contributed by atoms with Crippen LogP contribution in [0.5, 0.6) is 0 Å². The van der Waals surface area contributed by atoms with Crippen molar-refractivity contribution in [1.29, 1.82) is 0 Å². The second kappa shape index (κ2) is 9.26. The Morgan fingerprint density at radius 2 is 2.05 bits per heavy atom. The first-order valence-corrected chi connectivity index (χ1v) is 8.30. The molecule has 0 aromatic carbocycles. The minimum Gasteiger partial charge on any atom is -0.444 e. The van der Waals surface area contributed by atoms with E-state index in [0.717, 1.165) is 19.5 Å². The van der Waals surface area contributed by atoms with E-state index in [2.05, 4.69) is 22.9 Å². The van der Waals surface area contributed by atoms with Crippen LogP contribution in [0.1, 0.15) is 59.8 Å². The van der Waals surface area contributed by atoms with Crippen molar-refractivity contribution in [2.45, 2.75) is 77.5 Å². The highest BCUT2D eigenvalue weighted by Crippen LogP contribution is 2.12. The van der Waals surface area contributed by atoms with Crippen LogP contribution in [-0.2, 0) is 4.74 Å². The normalized spacial score (nSPS) is 21.4. The maximum atomic E-state index is 11.5. The highest BCUT2D eigenvalue weighted by molar-refractivity contribution is 5.67. The Balaban J connectivity index is 2.07. The molecular formula is C16H33N3O2. The molecule has 2 atom stereocenters. The SMILES string of the molecule is CC(CC1CCCCCN1)NCCNC(=O)OC(C)(C)C. The van der Waals surface area contributed by atoms with E-state index in [1.54, 1.807) is 0 Å². The Morgan fingerprint density at radius 3 is 2.76 bits per heavy atom. The zero-order valence-corrected chi connectivity index (χ0v) is 14.1. The molecule has 0 aromatic rings. The van der Waals surface area contributed by atoms with Crippen molar-refractivity contribution in [3.05, 3.63) is 0 Å². The largest absolute Gasteiger partial charge is 0.444 e. The summed E-state index contributed by atoms with van der Waals surface area (Å²) in [6.07, 6.45) is 6.07. The number of nitrogens with one attached hydrogen (secondary N) is 3. The third-order valence-corrected chi connectivity index (χ3v) is 3.59. The highest BCUT2D eigenvalue weighted by Gasteiger charge is 2.16. The Morgan fingerprint density at radius 1 is 1.29 bits per heavy atom. The number of hydrogen-bond acceptors (Lipinski definition) is 4. The molecule has 0 aromatic heterocycles. The molecule has 0 bridgehead atoms. The van der Waals surface area contributed by atoms with Gasteiger partial charge < -0.3 is 20.7 Å². The van der Waals surface area contributed by atoms with Crippen LogP contribution in [0.15, 0.2) is 0 Å². The lowest BCUT2D eigenvalue weighted by atomic mass is 10.0. The van der Waals surface area contributed by atoms with Crippen LogP contribution in [0.3, 0.4) is 0 Å². The molecule has 3 N–H and O–H groups in total. The van der Waals surface area contributed by atoms with E-state index in [4.69, 9.17) is 4.74 Å². The molecule has 0 saturated carbocycles. The smallest absolute Gasteiger partial charge is 0.407 e. The lowest BCUT2D eigenvalue weighted by Crippen LogP contribution is -2.41. The van der Waals surface area contributed by atoms with Crippen LogP contribution in [0.25, 0.3) is 0 Å². The number of carbonyl (C=O) groups excluding carboxylic acids is 1. The third-order valence-electron chi connectivity index (χ3n) is 3.59. The minimum atomic E-state index is -0.435. The van der Waals surface area contributed by atoms with Crippen LogP contribution in [-0.4, -0.2) is 43.4 Å². The van der Waals surface area contributed by atoms with Gasteiger partial charge >= 0.3 is 6.09 Å². The lowest BCUT2D eigenvalue weighted by Gasteiger charge is -2.22. The van der Waals surface area contributed by atoms with E-state index in [9.17, 15) is 4.79 Å². The summed E-state index contributed by atoms with van der Waals surface area (Å²) in [5, 5.41) is 9.84. The van der Waals surface area contributed by atoms with Crippen molar-refractivity contribution in [1.82, 2.24) is 16.0 Å². The van der Waals surface area contributed by atoms with Crippen LogP contribution in [0.4, 0.5) is 4.79 Å². The van der Waals surface area contributed by atoms with Gasteiger partial charge in [-0.3, -0.25) is 0 Å². The van der Waals surface area contributed by atoms with Crippen LogP contribution >= 0.6 is 0 Å². The van der Waals surface area contributed by atoms with Crippen LogP contribution in [0, 0.1) is 0 Å². The second-order valence-electron chi connectivity index (χ2n) is 7.02. The van der Waals surface area contributed by atoms with E-state index in [1.165, 1.54) is 25.7 Å². The quantitative estimate of drug-likeness (QED) is 0.659. The summed E-state index contributed by atoms with van der Waals surface area (Å²) in [5.41, 5.74) is -0.435. The lowest BCUT2D eigenvalue weighted by molar-refractivity contribution is 0.0528. The summed E-state index contributed by atoms with van der Waals surface area (Å²) < 4.78 is 5.19. The molecular weight excluding hydrogens is 266 g/mol. The Hall–Kier alpha value is -0.810. The van der Waals surface area contributed by atoms with Crippen LogP contribution < -0.4 is 16.0 Å². The van der Waals surface area contributed by atoms with Crippen molar-refractivity contribution in [2.24, 2.45) is 0 Å². The maximum absolute atomic E-state index is 11.5. The molecule has 1 aliphatic rings. The molecule has 0 radical (unpaired) electrons. The first kappa shape index (κ1) is 18.2. The van der Waals surface area contributed by atoms with Crippen LogP contribution in [0.2, 0.25) is 0 Å². The average molecular weight is 299 g/mol. The molecule has 124 valence electrons. The van der Waals surface area contributed by atoms with Crippen molar-refractivity contribution in [3.63, 3.8) is 0 Å². The first-order chi connectivity index (χ1) is 9.87. The van der Waals surface area contributed by atoms with Gasteiger partial charge in [0.2, 0.25) is 0 Å². The van der Waals surface area contributed by atoms with Gasteiger partial charge in [-0.1, -0.05) is 12.8 Å². The topological polar surface area (TPSA) is 62.4 Å². The van der Waals surface area contributed by atoms with Gasteiger partial charge in [-0.05, 0) is 53.5 Å². The average Bonchev–Trinajstić information content (AvgIpc) is 2.61. The van der Waals surface area contributed by atoms with E-state index in [-0.39, 0.29) is 6.09 Å². The number of hydrogen-bond donors (Lipinski definition) is 3. The molecule has 0 spiro atoms.